The van der Waals surface area contributed by atoms with Crippen molar-refractivity contribution >= 4 is 5.69 Å². The van der Waals surface area contributed by atoms with E-state index in [0.29, 0.717) is 24.0 Å². The van der Waals surface area contributed by atoms with Gasteiger partial charge in [0.1, 0.15) is 18.5 Å². The SMILES string of the molecule is Nc1ccccc1OCC(O)CNC1CCCC1. The number of aliphatic hydroxyl groups is 1. The molecule has 0 radical (unpaired) electrons. The Morgan fingerprint density at radius 2 is 2.06 bits per heavy atom. The number of benzene rings is 1. The quantitative estimate of drug-likeness (QED) is 0.670. The molecule has 0 bridgehead atoms. The summed E-state index contributed by atoms with van der Waals surface area (Å²) in [6.07, 6.45) is 4.54. The third-order valence-corrected chi connectivity index (χ3v) is 3.35. The molecule has 0 saturated heterocycles. The van der Waals surface area contributed by atoms with Crippen molar-refractivity contribution in [2.45, 2.75) is 37.8 Å². The van der Waals surface area contributed by atoms with Gasteiger partial charge in [0.15, 0.2) is 0 Å². The minimum atomic E-state index is -0.495. The Hall–Kier alpha value is -1.26. The zero-order valence-electron chi connectivity index (χ0n) is 10.6. The standard InChI is InChI=1S/C14H22N2O2/c15-13-7-3-4-8-14(13)18-10-12(17)9-16-11-5-1-2-6-11/h3-4,7-8,11-12,16-17H,1-2,5-6,9-10,15H2. The Kier molecular flexibility index (Phi) is 4.84. The average molecular weight is 250 g/mol. The van der Waals surface area contributed by atoms with Crippen molar-refractivity contribution in [2.24, 2.45) is 0 Å². The summed E-state index contributed by atoms with van der Waals surface area (Å²) in [5, 5.41) is 13.2. The van der Waals surface area contributed by atoms with E-state index < -0.39 is 6.10 Å². The van der Waals surface area contributed by atoms with Gasteiger partial charge in [0.2, 0.25) is 0 Å². The van der Waals surface area contributed by atoms with Crippen LogP contribution < -0.4 is 15.8 Å². The molecule has 1 unspecified atom stereocenters. The van der Waals surface area contributed by atoms with Crippen molar-refractivity contribution < 1.29 is 9.84 Å². The second-order valence-corrected chi connectivity index (χ2v) is 4.89. The molecule has 1 aliphatic carbocycles. The van der Waals surface area contributed by atoms with Gasteiger partial charge in [-0.25, -0.2) is 0 Å². The molecule has 4 heteroatoms. The molecule has 2 rings (SSSR count). The first-order valence-electron chi connectivity index (χ1n) is 6.64. The van der Waals surface area contributed by atoms with Crippen molar-refractivity contribution in [1.82, 2.24) is 5.32 Å². The predicted molar refractivity (Wildman–Crippen MR) is 72.6 cm³/mol. The van der Waals surface area contributed by atoms with Crippen molar-refractivity contribution in [3.8, 4) is 5.75 Å². The lowest BCUT2D eigenvalue weighted by atomic mass is 10.2. The Balaban J connectivity index is 1.68. The van der Waals surface area contributed by atoms with Gasteiger partial charge in [-0.2, -0.15) is 0 Å². The second-order valence-electron chi connectivity index (χ2n) is 4.89. The highest BCUT2D eigenvalue weighted by Gasteiger charge is 2.15. The summed E-state index contributed by atoms with van der Waals surface area (Å²) in [5.74, 6) is 0.636. The number of nitrogens with two attached hydrogens (primary N) is 1. The van der Waals surface area contributed by atoms with Crippen LogP contribution in [0, 0.1) is 0 Å². The van der Waals surface area contributed by atoms with Crippen molar-refractivity contribution in [3.05, 3.63) is 24.3 Å². The van der Waals surface area contributed by atoms with E-state index >= 15 is 0 Å². The van der Waals surface area contributed by atoms with Gasteiger partial charge in [0, 0.05) is 12.6 Å². The van der Waals surface area contributed by atoms with Gasteiger partial charge in [-0.15, -0.1) is 0 Å². The second kappa shape index (κ2) is 6.61. The topological polar surface area (TPSA) is 67.5 Å². The third-order valence-electron chi connectivity index (χ3n) is 3.35. The number of aliphatic hydroxyl groups excluding tert-OH is 1. The van der Waals surface area contributed by atoms with E-state index in [4.69, 9.17) is 10.5 Å². The van der Waals surface area contributed by atoms with Crippen molar-refractivity contribution in [3.63, 3.8) is 0 Å². The molecule has 100 valence electrons. The lowest BCUT2D eigenvalue weighted by Crippen LogP contribution is -2.36. The number of para-hydroxylation sites is 2. The lowest BCUT2D eigenvalue weighted by Gasteiger charge is -2.17. The van der Waals surface area contributed by atoms with Crippen LogP contribution in [0.2, 0.25) is 0 Å². The largest absolute Gasteiger partial charge is 0.489 e. The summed E-state index contributed by atoms with van der Waals surface area (Å²) in [5.41, 5.74) is 6.36. The van der Waals surface area contributed by atoms with E-state index in [0.717, 1.165) is 0 Å². The van der Waals surface area contributed by atoms with Gasteiger partial charge in [-0.05, 0) is 25.0 Å². The summed E-state index contributed by atoms with van der Waals surface area (Å²) in [6.45, 7) is 0.853. The minimum absolute atomic E-state index is 0.272. The number of rotatable bonds is 6. The molecule has 1 atom stereocenters. The molecular formula is C14H22N2O2. The van der Waals surface area contributed by atoms with Crippen molar-refractivity contribution in [2.75, 3.05) is 18.9 Å². The molecule has 4 nitrogen and oxygen atoms in total. The maximum atomic E-state index is 9.83. The molecule has 1 aromatic carbocycles. The number of nitrogens with one attached hydrogen (secondary N) is 1. The summed E-state index contributed by atoms with van der Waals surface area (Å²) in [4.78, 5) is 0. The first-order chi connectivity index (χ1) is 8.75. The number of hydrogen-bond acceptors (Lipinski definition) is 4. The van der Waals surface area contributed by atoms with Gasteiger partial charge >= 0.3 is 0 Å². The summed E-state index contributed by atoms with van der Waals surface area (Å²) in [6, 6.07) is 7.90. The highest BCUT2D eigenvalue weighted by molar-refractivity contribution is 5.51. The fourth-order valence-electron chi connectivity index (χ4n) is 2.29. The Bertz CT molecular complexity index is 365. The minimum Gasteiger partial charge on any atom is -0.489 e. The van der Waals surface area contributed by atoms with Gasteiger partial charge in [0.25, 0.3) is 0 Å². The Morgan fingerprint density at radius 1 is 1.33 bits per heavy atom. The molecule has 0 aromatic heterocycles. The Morgan fingerprint density at radius 3 is 2.78 bits per heavy atom. The zero-order chi connectivity index (χ0) is 12.8. The normalized spacial score (nSPS) is 17.8. The summed E-state index contributed by atoms with van der Waals surface area (Å²) >= 11 is 0. The van der Waals surface area contributed by atoms with Crippen LogP contribution in [0.25, 0.3) is 0 Å². The highest BCUT2D eigenvalue weighted by Crippen LogP contribution is 2.20. The summed E-state index contributed by atoms with van der Waals surface area (Å²) in [7, 11) is 0. The van der Waals surface area contributed by atoms with E-state index in [1.165, 1.54) is 25.7 Å². The molecule has 1 saturated carbocycles. The van der Waals surface area contributed by atoms with Gasteiger partial charge in [0.05, 0.1) is 5.69 Å². The maximum absolute atomic E-state index is 9.83. The number of anilines is 1. The first-order valence-corrected chi connectivity index (χ1v) is 6.64. The third kappa shape index (κ3) is 3.89. The molecule has 0 amide bonds. The molecule has 1 fully saturated rings. The number of nitrogen functional groups attached to an aromatic ring is 1. The van der Waals surface area contributed by atoms with Crippen LogP contribution in [-0.4, -0.2) is 30.4 Å². The number of hydrogen-bond donors (Lipinski definition) is 3. The Labute approximate surface area is 108 Å². The van der Waals surface area contributed by atoms with E-state index in [2.05, 4.69) is 5.32 Å². The highest BCUT2D eigenvalue weighted by atomic mass is 16.5. The fraction of sp³-hybridized carbons (Fsp3) is 0.571. The smallest absolute Gasteiger partial charge is 0.142 e. The monoisotopic (exact) mass is 250 g/mol. The molecular weight excluding hydrogens is 228 g/mol. The van der Waals surface area contributed by atoms with Gasteiger partial charge in [-0.3, -0.25) is 0 Å². The number of ether oxygens (including phenoxy) is 1. The van der Waals surface area contributed by atoms with Crippen molar-refractivity contribution in [1.29, 1.82) is 0 Å². The molecule has 0 aliphatic heterocycles. The van der Waals surface area contributed by atoms with Crippen LogP contribution in [0.1, 0.15) is 25.7 Å². The summed E-state index contributed by atoms with van der Waals surface area (Å²) < 4.78 is 5.50. The molecule has 0 heterocycles. The van der Waals surface area contributed by atoms with E-state index in [1.807, 2.05) is 18.2 Å². The van der Waals surface area contributed by atoms with Crippen LogP contribution in [0.15, 0.2) is 24.3 Å². The lowest BCUT2D eigenvalue weighted by molar-refractivity contribution is 0.104. The maximum Gasteiger partial charge on any atom is 0.142 e. The zero-order valence-corrected chi connectivity index (χ0v) is 10.6. The van der Waals surface area contributed by atoms with Crippen LogP contribution in [-0.2, 0) is 0 Å². The van der Waals surface area contributed by atoms with Gasteiger partial charge < -0.3 is 20.9 Å². The van der Waals surface area contributed by atoms with Crippen LogP contribution >= 0.6 is 0 Å². The molecule has 0 spiro atoms. The van der Waals surface area contributed by atoms with E-state index in [9.17, 15) is 5.11 Å². The first kappa shape index (κ1) is 13.2. The molecule has 1 aliphatic rings. The molecule has 4 N–H and O–H groups in total. The van der Waals surface area contributed by atoms with E-state index in [-0.39, 0.29) is 6.61 Å². The average Bonchev–Trinajstić information content (AvgIpc) is 2.88. The van der Waals surface area contributed by atoms with Crippen LogP contribution in [0.3, 0.4) is 0 Å². The van der Waals surface area contributed by atoms with Crippen LogP contribution in [0.5, 0.6) is 5.75 Å². The van der Waals surface area contributed by atoms with Crippen LogP contribution in [0.4, 0.5) is 5.69 Å². The molecule has 1 aromatic rings. The predicted octanol–water partition coefficient (Wildman–Crippen LogP) is 1.54. The molecule has 18 heavy (non-hydrogen) atoms. The van der Waals surface area contributed by atoms with Gasteiger partial charge in [-0.1, -0.05) is 25.0 Å². The fourth-order valence-corrected chi connectivity index (χ4v) is 2.29. The van der Waals surface area contributed by atoms with E-state index in [1.54, 1.807) is 6.07 Å².